The molecule has 3 N–H and O–H groups in total. The SMILES string of the molecule is CO[C@@H]1O[C@@H](OC)[C@@H](O)[C@H]1N. The van der Waals surface area contributed by atoms with E-state index in [-0.39, 0.29) is 0 Å². The van der Waals surface area contributed by atoms with Crippen molar-refractivity contribution in [2.24, 2.45) is 5.73 Å². The van der Waals surface area contributed by atoms with Crippen molar-refractivity contribution in [2.75, 3.05) is 14.2 Å². The van der Waals surface area contributed by atoms with Crippen LogP contribution in [0.2, 0.25) is 0 Å². The lowest BCUT2D eigenvalue weighted by molar-refractivity contribution is -0.200. The molecule has 0 aliphatic carbocycles. The molecule has 0 spiro atoms. The van der Waals surface area contributed by atoms with E-state index >= 15 is 0 Å². The predicted molar refractivity (Wildman–Crippen MR) is 36.7 cm³/mol. The van der Waals surface area contributed by atoms with E-state index in [0.717, 1.165) is 0 Å². The summed E-state index contributed by atoms with van der Waals surface area (Å²) >= 11 is 0. The zero-order valence-corrected chi connectivity index (χ0v) is 6.56. The van der Waals surface area contributed by atoms with E-state index in [1.54, 1.807) is 0 Å². The van der Waals surface area contributed by atoms with E-state index in [0.29, 0.717) is 0 Å². The molecule has 5 heteroatoms. The van der Waals surface area contributed by atoms with Gasteiger partial charge in [0.2, 0.25) is 0 Å². The highest BCUT2D eigenvalue weighted by Crippen LogP contribution is 2.19. The maximum absolute atomic E-state index is 9.30. The minimum Gasteiger partial charge on any atom is -0.386 e. The largest absolute Gasteiger partial charge is 0.386 e. The van der Waals surface area contributed by atoms with Gasteiger partial charge in [0.15, 0.2) is 12.6 Å². The van der Waals surface area contributed by atoms with Crippen LogP contribution in [0.4, 0.5) is 0 Å². The van der Waals surface area contributed by atoms with E-state index in [4.69, 9.17) is 19.9 Å². The summed E-state index contributed by atoms with van der Waals surface area (Å²) < 4.78 is 14.7. The van der Waals surface area contributed by atoms with Gasteiger partial charge in [-0.3, -0.25) is 0 Å². The molecule has 0 aromatic heterocycles. The Balaban J connectivity index is 2.53. The highest BCUT2D eigenvalue weighted by Gasteiger charge is 2.41. The van der Waals surface area contributed by atoms with Crippen molar-refractivity contribution in [3.63, 3.8) is 0 Å². The molecule has 66 valence electrons. The number of hydrogen-bond donors (Lipinski definition) is 2. The zero-order valence-electron chi connectivity index (χ0n) is 6.56. The van der Waals surface area contributed by atoms with Gasteiger partial charge in [-0.2, -0.15) is 0 Å². The minimum atomic E-state index is -0.815. The number of hydrogen-bond acceptors (Lipinski definition) is 5. The third kappa shape index (κ3) is 1.52. The fraction of sp³-hybridized carbons (Fsp3) is 1.00. The molecule has 0 aromatic rings. The number of nitrogens with two attached hydrogens (primary N) is 1. The maximum Gasteiger partial charge on any atom is 0.187 e. The first-order valence-electron chi connectivity index (χ1n) is 3.35. The van der Waals surface area contributed by atoms with Crippen LogP contribution in [0.3, 0.4) is 0 Å². The summed E-state index contributed by atoms with van der Waals surface area (Å²) in [6.07, 6.45) is -2.06. The van der Waals surface area contributed by atoms with E-state index in [1.807, 2.05) is 0 Å². The second-order valence-electron chi connectivity index (χ2n) is 2.41. The molecule has 0 radical (unpaired) electrons. The summed E-state index contributed by atoms with van der Waals surface area (Å²) in [5, 5.41) is 9.30. The van der Waals surface area contributed by atoms with Crippen molar-refractivity contribution in [2.45, 2.75) is 24.7 Å². The molecule has 1 heterocycles. The van der Waals surface area contributed by atoms with Gasteiger partial charge in [0, 0.05) is 14.2 Å². The molecule has 0 amide bonds. The summed E-state index contributed by atoms with van der Waals surface area (Å²) in [4.78, 5) is 0. The van der Waals surface area contributed by atoms with Crippen LogP contribution < -0.4 is 5.73 Å². The van der Waals surface area contributed by atoms with Crippen molar-refractivity contribution in [1.29, 1.82) is 0 Å². The van der Waals surface area contributed by atoms with Crippen molar-refractivity contribution < 1.29 is 19.3 Å². The van der Waals surface area contributed by atoms with Gasteiger partial charge in [-0.15, -0.1) is 0 Å². The zero-order chi connectivity index (χ0) is 8.43. The fourth-order valence-corrected chi connectivity index (χ4v) is 1.05. The highest BCUT2D eigenvalue weighted by molar-refractivity contribution is 4.84. The quantitative estimate of drug-likeness (QED) is 0.526. The van der Waals surface area contributed by atoms with Crippen molar-refractivity contribution in [3.05, 3.63) is 0 Å². The van der Waals surface area contributed by atoms with Crippen molar-refractivity contribution in [3.8, 4) is 0 Å². The van der Waals surface area contributed by atoms with Gasteiger partial charge < -0.3 is 25.1 Å². The Morgan fingerprint density at radius 3 is 2.09 bits per heavy atom. The average Bonchev–Trinajstić information content (AvgIpc) is 2.30. The molecule has 1 rings (SSSR count). The molecule has 1 aliphatic rings. The predicted octanol–water partition coefficient (Wildman–Crippen LogP) is -1.35. The third-order valence-corrected chi connectivity index (χ3v) is 1.72. The normalized spacial score (nSPS) is 44.7. The van der Waals surface area contributed by atoms with Crippen LogP contribution in [0.25, 0.3) is 0 Å². The Kier molecular flexibility index (Phi) is 2.80. The molecule has 5 nitrogen and oxygen atoms in total. The first-order chi connectivity index (χ1) is 5.20. The smallest absolute Gasteiger partial charge is 0.187 e. The number of ether oxygens (including phenoxy) is 3. The van der Waals surface area contributed by atoms with Crippen LogP contribution in [-0.2, 0) is 14.2 Å². The Morgan fingerprint density at radius 1 is 1.27 bits per heavy atom. The Labute approximate surface area is 65.0 Å². The fourth-order valence-electron chi connectivity index (χ4n) is 1.05. The standard InChI is InChI=1S/C6H13NO4/c1-9-5-3(7)4(8)6(10-2)11-5/h3-6,8H,7H2,1-2H3/t3-,4+,5-,6-/m1/s1. The lowest BCUT2D eigenvalue weighted by atomic mass is 10.2. The van der Waals surface area contributed by atoms with Gasteiger partial charge in [-0.05, 0) is 0 Å². The number of aliphatic hydroxyl groups is 1. The number of aliphatic hydroxyl groups excluding tert-OH is 1. The van der Waals surface area contributed by atoms with Gasteiger partial charge >= 0.3 is 0 Å². The van der Waals surface area contributed by atoms with Crippen LogP contribution >= 0.6 is 0 Å². The molecule has 1 aliphatic heterocycles. The lowest BCUT2D eigenvalue weighted by Crippen LogP contribution is -2.41. The van der Waals surface area contributed by atoms with Gasteiger partial charge in [0.05, 0.1) is 6.04 Å². The van der Waals surface area contributed by atoms with E-state index in [1.165, 1.54) is 14.2 Å². The highest BCUT2D eigenvalue weighted by atomic mass is 16.8. The van der Waals surface area contributed by atoms with Gasteiger partial charge in [0.1, 0.15) is 6.10 Å². The number of methoxy groups -OCH3 is 2. The second-order valence-corrected chi connectivity index (χ2v) is 2.41. The van der Waals surface area contributed by atoms with E-state index in [9.17, 15) is 5.11 Å². The molecule has 0 saturated carbocycles. The van der Waals surface area contributed by atoms with Gasteiger partial charge in [0.25, 0.3) is 0 Å². The molecule has 4 atom stereocenters. The molecular formula is C6H13NO4. The first-order valence-corrected chi connectivity index (χ1v) is 3.35. The topological polar surface area (TPSA) is 73.9 Å². The summed E-state index contributed by atoms with van der Waals surface area (Å²) in [6, 6.07) is -0.537. The number of rotatable bonds is 2. The van der Waals surface area contributed by atoms with Crippen LogP contribution in [0.1, 0.15) is 0 Å². The first kappa shape index (κ1) is 8.89. The molecule has 0 aromatic carbocycles. The Hall–Kier alpha value is -0.200. The molecule has 1 saturated heterocycles. The summed E-state index contributed by atoms with van der Waals surface area (Å²) in [7, 11) is 2.91. The van der Waals surface area contributed by atoms with Crippen LogP contribution in [0.15, 0.2) is 0 Å². The monoisotopic (exact) mass is 163 g/mol. The van der Waals surface area contributed by atoms with Crippen molar-refractivity contribution in [1.82, 2.24) is 0 Å². The third-order valence-electron chi connectivity index (χ3n) is 1.72. The summed E-state index contributed by atoms with van der Waals surface area (Å²) in [5.74, 6) is 0. The van der Waals surface area contributed by atoms with Gasteiger partial charge in [-0.1, -0.05) is 0 Å². The van der Waals surface area contributed by atoms with E-state index < -0.39 is 24.7 Å². The molecule has 0 unspecified atom stereocenters. The Bertz CT molecular complexity index is 114. The average molecular weight is 163 g/mol. The summed E-state index contributed by atoms with van der Waals surface area (Å²) in [5.41, 5.74) is 5.52. The Morgan fingerprint density at radius 2 is 1.82 bits per heavy atom. The maximum atomic E-state index is 9.30. The second kappa shape index (κ2) is 3.46. The minimum absolute atomic E-state index is 0.537. The molecule has 0 bridgehead atoms. The van der Waals surface area contributed by atoms with Crippen LogP contribution in [0, 0.1) is 0 Å². The molecule has 1 fully saturated rings. The molecular weight excluding hydrogens is 150 g/mol. The van der Waals surface area contributed by atoms with Crippen molar-refractivity contribution >= 4 is 0 Å². The van der Waals surface area contributed by atoms with Crippen LogP contribution in [0.5, 0.6) is 0 Å². The molecule has 11 heavy (non-hydrogen) atoms. The van der Waals surface area contributed by atoms with Gasteiger partial charge in [-0.25, -0.2) is 0 Å². The lowest BCUT2D eigenvalue weighted by Gasteiger charge is -2.12. The summed E-state index contributed by atoms with van der Waals surface area (Å²) in [6.45, 7) is 0. The van der Waals surface area contributed by atoms with Crippen LogP contribution in [-0.4, -0.2) is 44.1 Å². The van der Waals surface area contributed by atoms with E-state index in [2.05, 4.69) is 0 Å².